The van der Waals surface area contributed by atoms with Crippen molar-refractivity contribution in [2.75, 3.05) is 26.8 Å². The Morgan fingerprint density at radius 3 is 2.52 bits per heavy atom. The maximum Gasteiger partial charge on any atom is 0.260 e. The first-order valence-electron chi connectivity index (χ1n) is 11.7. The van der Waals surface area contributed by atoms with Crippen LogP contribution in [-0.2, 0) is 20.7 Å². The average molecular weight is 453 g/mol. The van der Waals surface area contributed by atoms with Crippen LogP contribution in [0.3, 0.4) is 0 Å². The number of hydrogen-bond donors (Lipinski definition) is 1. The molecule has 0 bridgehead atoms. The zero-order chi connectivity index (χ0) is 24.0. The van der Waals surface area contributed by atoms with Gasteiger partial charge in [-0.3, -0.25) is 9.59 Å². The van der Waals surface area contributed by atoms with Crippen LogP contribution in [-0.4, -0.2) is 49.6 Å². The quantitative estimate of drug-likeness (QED) is 0.583. The van der Waals surface area contributed by atoms with E-state index < -0.39 is 6.10 Å². The molecule has 6 nitrogen and oxygen atoms in total. The molecule has 1 heterocycles. The number of carbonyl (C=O) groups is 2. The molecule has 1 aliphatic rings. The van der Waals surface area contributed by atoms with Crippen LogP contribution in [0.4, 0.5) is 0 Å². The standard InChI is InChI=1S/C27H36N2O4/c1-18(2)16-25(30)29-14-12-21-10-11-23(33-20(4)27(31)28-13-15-32-5)17-24(21)26(29)22-8-6-19(3)7-9-22/h6-11,17-18,20,26H,12-16H2,1-5H3,(H,28,31)/t20-,26-/m1/s1. The summed E-state index contributed by atoms with van der Waals surface area (Å²) < 4.78 is 11.0. The third-order valence-electron chi connectivity index (χ3n) is 5.93. The van der Waals surface area contributed by atoms with Crippen molar-refractivity contribution in [1.29, 1.82) is 0 Å². The SMILES string of the molecule is COCCNC(=O)[C@@H](C)Oc1ccc2c(c1)[C@@H](c1ccc(C)cc1)N(C(=O)CC(C)C)CC2. The van der Waals surface area contributed by atoms with E-state index in [0.29, 0.717) is 37.8 Å². The fourth-order valence-electron chi connectivity index (χ4n) is 4.19. The lowest BCUT2D eigenvalue weighted by molar-refractivity contribution is -0.134. The predicted molar refractivity (Wildman–Crippen MR) is 129 cm³/mol. The van der Waals surface area contributed by atoms with E-state index in [2.05, 4.69) is 56.4 Å². The first-order valence-corrected chi connectivity index (χ1v) is 11.7. The molecule has 33 heavy (non-hydrogen) atoms. The molecule has 0 saturated heterocycles. The third kappa shape index (κ3) is 6.35. The molecule has 2 aromatic carbocycles. The van der Waals surface area contributed by atoms with E-state index in [9.17, 15) is 9.59 Å². The lowest BCUT2D eigenvalue weighted by Gasteiger charge is -2.38. The number of carbonyl (C=O) groups excluding carboxylic acids is 2. The molecule has 0 unspecified atom stereocenters. The minimum absolute atomic E-state index is 0.165. The van der Waals surface area contributed by atoms with Crippen LogP contribution in [0.5, 0.6) is 5.75 Å². The van der Waals surface area contributed by atoms with Gasteiger partial charge in [0.2, 0.25) is 5.91 Å². The summed E-state index contributed by atoms with van der Waals surface area (Å²) in [4.78, 5) is 27.5. The van der Waals surface area contributed by atoms with Crippen LogP contribution >= 0.6 is 0 Å². The highest BCUT2D eigenvalue weighted by Crippen LogP contribution is 2.38. The van der Waals surface area contributed by atoms with Crippen molar-refractivity contribution in [1.82, 2.24) is 10.2 Å². The van der Waals surface area contributed by atoms with Gasteiger partial charge in [-0.25, -0.2) is 0 Å². The molecule has 2 atom stereocenters. The van der Waals surface area contributed by atoms with Gasteiger partial charge in [0.25, 0.3) is 5.91 Å². The number of nitrogens with zero attached hydrogens (tertiary/aromatic N) is 1. The van der Waals surface area contributed by atoms with E-state index in [-0.39, 0.29) is 17.9 Å². The summed E-state index contributed by atoms with van der Waals surface area (Å²) in [5.41, 5.74) is 4.53. The Hall–Kier alpha value is -2.86. The van der Waals surface area contributed by atoms with Gasteiger partial charge in [-0.1, -0.05) is 49.7 Å². The maximum absolute atomic E-state index is 13.2. The highest BCUT2D eigenvalue weighted by Gasteiger charge is 2.32. The molecular formula is C27H36N2O4. The van der Waals surface area contributed by atoms with Crippen molar-refractivity contribution in [2.24, 2.45) is 5.92 Å². The van der Waals surface area contributed by atoms with Gasteiger partial charge in [0.15, 0.2) is 6.10 Å². The summed E-state index contributed by atoms with van der Waals surface area (Å²) in [5.74, 6) is 0.898. The molecule has 0 aliphatic carbocycles. The van der Waals surface area contributed by atoms with Crippen LogP contribution in [0, 0.1) is 12.8 Å². The van der Waals surface area contributed by atoms with Crippen molar-refractivity contribution in [2.45, 2.75) is 52.7 Å². The van der Waals surface area contributed by atoms with E-state index in [1.54, 1.807) is 14.0 Å². The monoisotopic (exact) mass is 452 g/mol. The summed E-state index contributed by atoms with van der Waals surface area (Å²) >= 11 is 0. The Bertz CT molecular complexity index is 955. The molecular weight excluding hydrogens is 416 g/mol. The Kier molecular flexibility index (Phi) is 8.50. The van der Waals surface area contributed by atoms with Crippen LogP contribution in [0.2, 0.25) is 0 Å². The summed E-state index contributed by atoms with van der Waals surface area (Å²) in [5, 5.41) is 2.80. The summed E-state index contributed by atoms with van der Waals surface area (Å²) in [6.45, 7) is 9.52. The van der Waals surface area contributed by atoms with Gasteiger partial charge < -0.3 is 19.7 Å². The number of ether oxygens (including phenoxy) is 2. The Balaban J connectivity index is 1.90. The normalized spacial score (nSPS) is 16.3. The predicted octanol–water partition coefficient (Wildman–Crippen LogP) is 4.05. The Morgan fingerprint density at radius 2 is 1.85 bits per heavy atom. The van der Waals surface area contributed by atoms with Crippen molar-refractivity contribution in [3.05, 3.63) is 64.7 Å². The minimum atomic E-state index is -0.639. The van der Waals surface area contributed by atoms with Crippen molar-refractivity contribution < 1.29 is 19.1 Å². The Morgan fingerprint density at radius 1 is 1.12 bits per heavy atom. The molecule has 2 amide bonds. The molecule has 0 aromatic heterocycles. The second kappa shape index (κ2) is 11.3. The van der Waals surface area contributed by atoms with Gasteiger partial charge >= 0.3 is 0 Å². The smallest absolute Gasteiger partial charge is 0.260 e. The molecule has 1 aliphatic heterocycles. The molecule has 178 valence electrons. The molecule has 6 heteroatoms. The largest absolute Gasteiger partial charge is 0.481 e. The third-order valence-corrected chi connectivity index (χ3v) is 5.93. The van der Waals surface area contributed by atoms with E-state index in [1.165, 1.54) is 11.1 Å². The molecule has 0 fully saturated rings. The number of amides is 2. The van der Waals surface area contributed by atoms with Crippen LogP contribution in [0.1, 0.15) is 55.5 Å². The number of benzene rings is 2. The van der Waals surface area contributed by atoms with Gasteiger partial charge in [-0.15, -0.1) is 0 Å². The van der Waals surface area contributed by atoms with E-state index in [0.717, 1.165) is 17.5 Å². The summed E-state index contributed by atoms with van der Waals surface area (Å²) in [6.07, 6.45) is 0.682. The van der Waals surface area contributed by atoms with E-state index >= 15 is 0 Å². The van der Waals surface area contributed by atoms with Gasteiger partial charge in [0, 0.05) is 26.6 Å². The highest BCUT2D eigenvalue weighted by atomic mass is 16.5. The first-order chi connectivity index (χ1) is 15.8. The molecule has 0 saturated carbocycles. The van der Waals surface area contributed by atoms with Crippen LogP contribution < -0.4 is 10.1 Å². The first kappa shape index (κ1) is 24.8. The molecule has 1 N–H and O–H groups in total. The maximum atomic E-state index is 13.2. The highest BCUT2D eigenvalue weighted by molar-refractivity contribution is 5.80. The van der Waals surface area contributed by atoms with Crippen LogP contribution in [0.15, 0.2) is 42.5 Å². The number of methoxy groups -OCH3 is 1. The lowest BCUT2D eigenvalue weighted by atomic mass is 9.87. The fraction of sp³-hybridized carbons (Fsp3) is 0.481. The second-order valence-electron chi connectivity index (χ2n) is 9.15. The average Bonchev–Trinajstić information content (AvgIpc) is 2.78. The second-order valence-corrected chi connectivity index (χ2v) is 9.15. The summed E-state index contributed by atoms with van der Waals surface area (Å²) in [7, 11) is 1.60. The lowest BCUT2D eigenvalue weighted by Crippen LogP contribution is -2.41. The topological polar surface area (TPSA) is 67.9 Å². The van der Waals surface area contributed by atoms with Crippen LogP contribution in [0.25, 0.3) is 0 Å². The number of nitrogens with one attached hydrogen (secondary N) is 1. The molecule has 0 radical (unpaired) electrons. The molecule has 0 spiro atoms. The fourth-order valence-corrected chi connectivity index (χ4v) is 4.19. The zero-order valence-electron chi connectivity index (χ0n) is 20.4. The number of aryl methyl sites for hydroxylation is 1. The van der Waals surface area contributed by atoms with Gasteiger partial charge in [0.05, 0.1) is 12.6 Å². The van der Waals surface area contributed by atoms with Crippen molar-refractivity contribution >= 4 is 11.8 Å². The summed E-state index contributed by atoms with van der Waals surface area (Å²) in [6, 6.07) is 14.2. The number of hydrogen-bond acceptors (Lipinski definition) is 4. The van der Waals surface area contributed by atoms with E-state index in [4.69, 9.17) is 9.47 Å². The van der Waals surface area contributed by atoms with Crippen molar-refractivity contribution in [3.63, 3.8) is 0 Å². The van der Waals surface area contributed by atoms with E-state index in [1.807, 2.05) is 17.0 Å². The van der Waals surface area contributed by atoms with Gasteiger partial charge in [-0.2, -0.15) is 0 Å². The van der Waals surface area contributed by atoms with Gasteiger partial charge in [0.1, 0.15) is 5.75 Å². The number of rotatable bonds is 9. The van der Waals surface area contributed by atoms with Crippen molar-refractivity contribution in [3.8, 4) is 5.75 Å². The zero-order valence-corrected chi connectivity index (χ0v) is 20.4. The Labute approximate surface area is 197 Å². The molecule has 2 aromatic rings. The van der Waals surface area contributed by atoms with Gasteiger partial charge in [-0.05, 0) is 55.0 Å². The number of fused-ring (bicyclic) bond motifs is 1. The molecule has 3 rings (SSSR count). The minimum Gasteiger partial charge on any atom is -0.481 e.